The Labute approximate surface area is 92.2 Å². The maximum Gasteiger partial charge on any atom is 0.390 e. The van der Waals surface area contributed by atoms with Crippen molar-refractivity contribution in [2.75, 3.05) is 26.2 Å². The highest BCUT2D eigenvalue weighted by molar-refractivity contribution is 5.76. The quantitative estimate of drug-likeness (QED) is 0.750. The molecule has 0 radical (unpaired) electrons. The maximum atomic E-state index is 12.0. The Morgan fingerprint density at radius 3 is 2.75 bits per heavy atom. The molecule has 1 aliphatic rings. The molecule has 94 valence electrons. The molecule has 7 heteroatoms. The molecule has 16 heavy (non-hydrogen) atoms. The summed E-state index contributed by atoms with van der Waals surface area (Å²) in [4.78, 5) is 12.7. The third kappa shape index (κ3) is 4.69. The Bertz CT molecular complexity index is 245. The van der Waals surface area contributed by atoms with Crippen molar-refractivity contribution in [3.8, 4) is 0 Å². The number of carbonyl (C=O) groups is 1. The van der Waals surface area contributed by atoms with Gasteiger partial charge in [0.1, 0.15) is 0 Å². The van der Waals surface area contributed by atoms with E-state index in [2.05, 4.69) is 10.6 Å². The minimum Gasteiger partial charge on any atom is -0.336 e. The summed E-state index contributed by atoms with van der Waals surface area (Å²) in [5.41, 5.74) is 0. The van der Waals surface area contributed by atoms with Gasteiger partial charge in [-0.05, 0) is 6.92 Å². The van der Waals surface area contributed by atoms with Crippen molar-refractivity contribution >= 4 is 6.03 Å². The molecule has 0 saturated carbocycles. The zero-order valence-corrected chi connectivity index (χ0v) is 9.10. The van der Waals surface area contributed by atoms with E-state index in [0.29, 0.717) is 26.2 Å². The average molecular weight is 239 g/mol. The standard InChI is InChI=1S/C9H16F3N3O/c1-7(6-9(10,11)12)13-2-4-15-5-3-14-8(15)16/h7,13H,2-6H2,1H3,(H,14,16). The van der Waals surface area contributed by atoms with Gasteiger partial charge < -0.3 is 15.5 Å². The van der Waals surface area contributed by atoms with Gasteiger partial charge in [0.15, 0.2) is 0 Å². The van der Waals surface area contributed by atoms with Crippen LogP contribution in [0.3, 0.4) is 0 Å². The number of hydrogen-bond acceptors (Lipinski definition) is 2. The van der Waals surface area contributed by atoms with Gasteiger partial charge in [0.05, 0.1) is 6.42 Å². The molecule has 0 aromatic carbocycles. The van der Waals surface area contributed by atoms with Crippen LogP contribution in [-0.2, 0) is 0 Å². The van der Waals surface area contributed by atoms with Gasteiger partial charge in [0.25, 0.3) is 0 Å². The monoisotopic (exact) mass is 239 g/mol. The third-order valence-corrected chi connectivity index (χ3v) is 2.36. The van der Waals surface area contributed by atoms with Gasteiger partial charge in [-0.1, -0.05) is 0 Å². The fraction of sp³-hybridized carbons (Fsp3) is 0.889. The number of nitrogens with one attached hydrogen (secondary N) is 2. The van der Waals surface area contributed by atoms with Crippen LogP contribution in [0.5, 0.6) is 0 Å². The first-order valence-electron chi connectivity index (χ1n) is 5.21. The van der Waals surface area contributed by atoms with Crippen molar-refractivity contribution < 1.29 is 18.0 Å². The lowest BCUT2D eigenvalue weighted by Gasteiger charge is -2.18. The van der Waals surface area contributed by atoms with Crippen LogP contribution in [0, 0.1) is 0 Å². The van der Waals surface area contributed by atoms with E-state index in [-0.39, 0.29) is 6.03 Å². The summed E-state index contributed by atoms with van der Waals surface area (Å²) in [6.07, 6.45) is -4.99. The van der Waals surface area contributed by atoms with Crippen LogP contribution in [0.25, 0.3) is 0 Å². The fourth-order valence-electron chi connectivity index (χ4n) is 1.59. The van der Waals surface area contributed by atoms with Crippen molar-refractivity contribution in [1.82, 2.24) is 15.5 Å². The van der Waals surface area contributed by atoms with Crippen molar-refractivity contribution in [2.24, 2.45) is 0 Å². The zero-order chi connectivity index (χ0) is 12.2. The molecular formula is C9H16F3N3O. The molecule has 0 aromatic rings. The molecule has 1 rings (SSSR count). The SMILES string of the molecule is CC(CC(F)(F)F)NCCN1CCNC1=O. The molecule has 1 fully saturated rings. The number of nitrogens with zero attached hydrogens (tertiary/aromatic N) is 1. The van der Waals surface area contributed by atoms with Gasteiger partial charge in [-0.2, -0.15) is 13.2 Å². The second kappa shape index (κ2) is 5.38. The highest BCUT2D eigenvalue weighted by Gasteiger charge is 2.29. The first kappa shape index (κ1) is 13.1. The minimum atomic E-state index is -4.14. The molecule has 2 N–H and O–H groups in total. The Morgan fingerprint density at radius 2 is 2.25 bits per heavy atom. The highest BCUT2D eigenvalue weighted by atomic mass is 19.4. The van der Waals surface area contributed by atoms with Crippen LogP contribution in [0.1, 0.15) is 13.3 Å². The van der Waals surface area contributed by atoms with Gasteiger partial charge in [-0.3, -0.25) is 0 Å². The summed E-state index contributed by atoms with van der Waals surface area (Å²) in [5.74, 6) is 0. The Balaban J connectivity index is 2.13. The van der Waals surface area contributed by atoms with E-state index in [4.69, 9.17) is 0 Å². The molecule has 0 bridgehead atoms. The highest BCUT2D eigenvalue weighted by Crippen LogP contribution is 2.21. The normalized spacial score (nSPS) is 18.8. The first-order chi connectivity index (χ1) is 7.38. The van der Waals surface area contributed by atoms with Gasteiger partial charge in [0, 0.05) is 32.2 Å². The van der Waals surface area contributed by atoms with E-state index in [1.807, 2.05) is 0 Å². The number of rotatable bonds is 5. The van der Waals surface area contributed by atoms with E-state index >= 15 is 0 Å². The maximum absolute atomic E-state index is 12.0. The Hall–Kier alpha value is -0.980. The number of carbonyl (C=O) groups excluding carboxylic acids is 1. The van der Waals surface area contributed by atoms with Crippen LogP contribution in [0.2, 0.25) is 0 Å². The molecule has 0 aromatic heterocycles. The van der Waals surface area contributed by atoms with E-state index in [1.165, 1.54) is 6.92 Å². The molecule has 0 aliphatic carbocycles. The molecule has 1 unspecified atom stereocenters. The summed E-state index contributed by atoms with van der Waals surface area (Å²) in [6.45, 7) is 3.53. The molecule has 1 saturated heterocycles. The predicted molar refractivity (Wildman–Crippen MR) is 53.1 cm³/mol. The van der Waals surface area contributed by atoms with E-state index in [1.54, 1.807) is 4.90 Å². The van der Waals surface area contributed by atoms with Crippen LogP contribution >= 0.6 is 0 Å². The van der Waals surface area contributed by atoms with Gasteiger partial charge >= 0.3 is 12.2 Å². The average Bonchev–Trinajstić information content (AvgIpc) is 2.48. The molecular weight excluding hydrogens is 223 g/mol. The van der Waals surface area contributed by atoms with Gasteiger partial charge in [-0.25, -0.2) is 4.79 Å². The summed E-state index contributed by atoms with van der Waals surface area (Å²) < 4.78 is 35.9. The molecule has 1 aliphatic heterocycles. The second-order valence-corrected chi connectivity index (χ2v) is 3.89. The van der Waals surface area contributed by atoms with Gasteiger partial charge in [-0.15, -0.1) is 0 Å². The zero-order valence-electron chi connectivity index (χ0n) is 9.10. The van der Waals surface area contributed by atoms with E-state index in [9.17, 15) is 18.0 Å². The first-order valence-corrected chi connectivity index (χ1v) is 5.21. The minimum absolute atomic E-state index is 0.148. The topological polar surface area (TPSA) is 44.4 Å². The predicted octanol–water partition coefficient (Wildman–Crippen LogP) is 0.942. The van der Waals surface area contributed by atoms with E-state index in [0.717, 1.165) is 0 Å². The lowest BCUT2D eigenvalue weighted by molar-refractivity contribution is -0.139. The van der Waals surface area contributed by atoms with Crippen LogP contribution < -0.4 is 10.6 Å². The molecule has 4 nitrogen and oxygen atoms in total. The van der Waals surface area contributed by atoms with Crippen molar-refractivity contribution in [2.45, 2.75) is 25.6 Å². The van der Waals surface area contributed by atoms with Gasteiger partial charge in [0.2, 0.25) is 0 Å². The fourth-order valence-corrected chi connectivity index (χ4v) is 1.59. The summed E-state index contributed by atoms with van der Waals surface area (Å²) in [6, 6.07) is -0.768. The molecule has 1 atom stereocenters. The van der Waals surface area contributed by atoms with Crippen LogP contribution in [0.15, 0.2) is 0 Å². The number of hydrogen-bond donors (Lipinski definition) is 2. The Kier molecular flexibility index (Phi) is 4.40. The van der Waals surface area contributed by atoms with Crippen molar-refractivity contribution in [1.29, 1.82) is 0 Å². The number of alkyl halides is 3. The van der Waals surface area contributed by atoms with Crippen molar-refractivity contribution in [3.05, 3.63) is 0 Å². The third-order valence-electron chi connectivity index (χ3n) is 2.36. The molecule has 0 spiro atoms. The smallest absolute Gasteiger partial charge is 0.336 e. The summed E-state index contributed by atoms with van der Waals surface area (Å²) in [7, 11) is 0. The van der Waals surface area contributed by atoms with Crippen LogP contribution in [0.4, 0.5) is 18.0 Å². The number of urea groups is 1. The lowest BCUT2D eigenvalue weighted by atomic mass is 10.2. The second-order valence-electron chi connectivity index (χ2n) is 3.89. The largest absolute Gasteiger partial charge is 0.390 e. The number of halogens is 3. The summed E-state index contributed by atoms with van der Waals surface area (Å²) in [5, 5.41) is 5.37. The Morgan fingerprint density at radius 1 is 1.56 bits per heavy atom. The van der Waals surface area contributed by atoms with E-state index < -0.39 is 18.6 Å². The summed E-state index contributed by atoms with van der Waals surface area (Å²) >= 11 is 0. The van der Waals surface area contributed by atoms with Crippen molar-refractivity contribution in [3.63, 3.8) is 0 Å². The lowest BCUT2D eigenvalue weighted by Crippen LogP contribution is -2.39. The van der Waals surface area contributed by atoms with Crippen LogP contribution in [-0.4, -0.2) is 49.3 Å². The number of amides is 2. The molecule has 2 amide bonds. The molecule has 1 heterocycles.